The highest BCUT2D eigenvalue weighted by Gasteiger charge is 2.40. The molecule has 0 aliphatic carbocycles. The zero-order chi connectivity index (χ0) is 14.0. The van der Waals surface area contributed by atoms with Crippen molar-refractivity contribution in [1.29, 1.82) is 0 Å². The first-order valence-electron chi connectivity index (χ1n) is 5.75. The van der Waals surface area contributed by atoms with Crippen LogP contribution in [0.1, 0.15) is 25.5 Å². The summed E-state index contributed by atoms with van der Waals surface area (Å²) < 4.78 is 28.3. The summed E-state index contributed by atoms with van der Waals surface area (Å²) in [5.74, 6) is 0.688. The van der Waals surface area contributed by atoms with Gasteiger partial charge in [0.25, 0.3) is 0 Å². The van der Waals surface area contributed by atoms with E-state index >= 15 is 0 Å². The molecular formula is C13H21NO3S. The Balaban J connectivity index is 3.35. The molecule has 1 aromatic rings. The molecule has 1 atom stereocenters. The molecule has 102 valence electrons. The van der Waals surface area contributed by atoms with Crippen LogP contribution in [0.25, 0.3) is 0 Å². The van der Waals surface area contributed by atoms with Gasteiger partial charge < -0.3 is 10.1 Å². The van der Waals surface area contributed by atoms with Crippen molar-refractivity contribution in [1.82, 2.24) is 5.32 Å². The number of hydrogen-bond acceptors (Lipinski definition) is 4. The third-order valence-electron chi connectivity index (χ3n) is 3.39. The van der Waals surface area contributed by atoms with Crippen molar-refractivity contribution in [3.63, 3.8) is 0 Å². The summed E-state index contributed by atoms with van der Waals surface area (Å²) in [4.78, 5) is 0. The third kappa shape index (κ3) is 2.67. The first-order valence-corrected chi connectivity index (χ1v) is 7.64. The van der Waals surface area contributed by atoms with E-state index in [1.807, 2.05) is 24.3 Å². The normalized spacial score (nSPS) is 14.3. The molecule has 0 amide bonds. The van der Waals surface area contributed by atoms with Crippen LogP contribution in [0, 0.1) is 0 Å². The molecule has 0 aromatic heterocycles. The lowest BCUT2D eigenvalue weighted by molar-refractivity contribution is 0.385. The van der Waals surface area contributed by atoms with E-state index in [0.29, 0.717) is 5.75 Å². The molecule has 1 rings (SSSR count). The van der Waals surface area contributed by atoms with E-state index in [1.165, 1.54) is 6.26 Å². The number of hydrogen-bond donors (Lipinski definition) is 1. The number of benzene rings is 1. The quantitative estimate of drug-likeness (QED) is 0.887. The van der Waals surface area contributed by atoms with Gasteiger partial charge in [0.2, 0.25) is 0 Å². The molecule has 0 radical (unpaired) electrons. The fourth-order valence-electron chi connectivity index (χ4n) is 2.00. The highest BCUT2D eigenvalue weighted by molar-refractivity contribution is 7.92. The molecule has 0 bridgehead atoms. The van der Waals surface area contributed by atoms with Crippen LogP contribution < -0.4 is 10.1 Å². The Kier molecular flexibility index (Phi) is 4.40. The van der Waals surface area contributed by atoms with Crippen LogP contribution in [-0.4, -0.2) is 33.6 Å². The van der Waals surface area contributed by atoms with Gasteiger partial charge in [-0.3, -0.25) is 0 Å². The van der Waals surface area contributed by atoms with Crippen LogP contribution in [0.4, 0.5) is 0 Å². The number of nitrogens with one attached hydrogen (secondary N) is 1. The molecule has 0 fully saturated rings. The molecule has 1 unspecified atom stereocenters. The minimum atomic E-state index is -3.20. The Morgan fingerprint density at radius 3 is 2.28 bits per heavy atom. The third-order valence-corrected chi connectivity index (χ3v) is 5.54. The van der Waals surface area contributed by atoms with Gasteiger partial charge in [0.15, 0.2) is 9.84 Å². The van der Waals surface area contributed by atoms with Gasteiger partial charge >= 0.3 is 0 Å². The van der Waals surface area contributed by atoms with Gasteiger partial charge in [-0.05, 0) is 27.0 Å². The number of sulfone groups is 1. The minimum Gasteiger partial charge on any atom is -0.496 e. The molecule has 0 aliphatic heterocycles. The van der Waals surface area contributed by atoms with Crippen molar-refractivity contribution < 1.29 is 13.2 Å². The van der Waals surface area contributed by atoms with E-state index in [0.717, 1.165) is 5.56 Å². The molecule has 0 spiro atoms. The van der Waals surface area contributed by atoms with Crippen molar-refractivity contribution in [3.8, 4) is 5.75 Å². The molecular weight excluding hydrogens is 250 g/mol. The monoisotopic (exact) mass is 271 g/mol. The SMILES string of the molecule is CNC(c1ccccc1OC)C(C)(C)S(C)(=O)=O. The second kappa shape index (κ2) is 5.28. The topological polar surface area (TPSA) is 55.4 Å². The number of methoxy groups -OCH3 is 1. The first-order chi connectivity index (χ1) is 8.25. The number of para-hydroxylation sites is 1. The predicted octanol–water partition coefficient (Wildman–Crippen LogP) is 1.78. The van der Waals surface area contributed by atoms with Gasteiger partial charge in [-0.1, -0.05) is 18.2 Å². The van der Waals surface area contributed by atoms with E-state index in [4.69, 9.17) is 4.74 Å². The van der Waals surface area contributed by atoms with Crippen LogP contribution >= 0.6 is 0 Å². The Morgan fingerprint density at radius 1 is 1.28 bits per heavy atom. The van der Waals surface area contributed by atoms with Crippen molar-refractivity contribution in [2.24, 2.45) is 0 Å². The van der Waals surface area contributed by atoms with E-state index < -0.39 is 14.6 Å². The summed E-state index contributed by atoms with van der Waals surface area (Å²) in [6.07, 6.45) is 1.26. The summed E-state index contributed by atoms with van der Waals surface area (Å²) in [6, 6.07) is 7.12. The fraction of sp³-hybridized carbons (Fsp3) is 0.538. The Labute approximate surface area is 109 Å². The van der Waals surface area contributed by atoms with Crippen molar-refractivity contribution in [2.75, 3.05) is 20.4 Å². The Bertz CT molecular complexity index is 509. The summed E-state index contributed by atoms with van der Waals surface area (Å²) >= 11 is 0. The largest absolute Gasteiger partial charge is 0.496 e. The van der Waals surface area contributed by atoms with Crippen LogP contribution in [0.15, 0.2) is 24.3 Å². The predicted molar refractivity (Wildman–Crippen MR) is 73.7 cm³/mol. The maximum absolute atomic E-state index is 11.9. The molecule has 0 saturated carbocycles. The zero-order valence-electron chi connectivity index (χ0n) is 11.5. The highest BCUT2D eigenvalue weighted by Crippen LogP contribution is 2.36. The first kappa shape index (κ1) is 15.0. The van der Waals surface area contributed by atoms with Gasteiger partial charge in [-0.25, -0.2) is 8.42 Å². The van der Waals surface area contributed by atoms with E-state index in [9.17, 15) is 8.42 Å². The van der Waals surface area contributed by atoms with E-state index in [1.54, 1.807) is 28.0 Å². The Hall–Kier alpha value is -1.07. The van der Waals surface area contributed by atoms with E-state index in [2.05, 4.69) is 5.32 Å². The van der Waals surface area contributed by atoms with Crippen molar-refractivity contribution in [3.05, 3.63) is 29.8 Å². The lowest BCUT2D eigenvalue weighted by atomic mass is 9.94. The lowest BCUT2D eigenvalue weighted by Crippen LogP contribution is -2.43. The van der Waals surface area contributed by atoms with Crippen LogP contribution in [-0.2, 0) is 9.84 Å². The van der Waals surface area contributed by atoms with Gasteiger partial charge in [0, 0.05) is 11.8 Å². The fourth-order valence-corrected chi connectivity index (χ4v) is 2.67. The second-order valence-electron chi connectivity index (χ2n) is 4.84. The van der Waals surface area contributed by atoms with Crippen molar-refractivity contribution >= 4 is 9.84 Å². The van der Waals surface area contributed by atoms with Gasteiger partial charge in [0.1, 0.15) is 5.75 Å². The number of ether oxygens (including phenoxy) is 1. The lowest BCUT2D eigenvalue weighted by Gasteiger charge is -2.33. The summed E-state index contributed by atoms with van der Waals surface area (Å²) in [5, 5.41) is 3.08. The highest BCUT2D eigenvalue weighted by atomic mass is 32.2. The summed E-state index contributed by atoms with van der Waals surface area (Å²) in [6.45, 7) is 3.44. The molecule has 1 aromatic carbocycles. The smallest absolute Gasteiger partial charge is 0.154 e. The van der Waals surface area contributed by atoms with Gasteiger partial charge in [0.05, 0.1) is 17.9 Å². The molecule has 1 N–H and O–H groups in total. The second-order valence-corrected chi connectivity index (χ2v) is 7.44. The molecule has 4 nitrogen and oxygen atoms in total. The van der Waals surface area contributed by atoms with Gasteiger partial charge in [-0.15, -0.1) is 0 Å². The number of rotatable bonds is 5. The van der Waals surface area contributed by atoms with Crippen LogP contribution in [0.3, 0.4) is 0 Å². The van der Waals surface area contributed by atoms with Gasteiger partial charge in [-0.2, -0.15) is 0 Å². The molecule has 0 saturated heterocycles. The zero-order valence-corrected chi connectivity index (χ0v) is 12.3. The molecule has 18 heavy (non-hydrogen) atoms. The molecule has 0 aliphatic rings. The maximum atomic E-state index is 11.9. The van der Waals surface area contributed by atoms with Crippen molar-refractivity contribution in [2.45, 2.75) is 24.6 Å². The molecule has 5 heteroatoms. The van der Waals surface area contributed by atoms with E-state index in [-0.39, 0.29) is 6.04 Å². The molecule has 0 heterocycles. The maximum Gasteiger partial charge on any atom is 0.154 e. The van der Waals surface area contributed by atoms with Crippen LogP contribution in [0.5, 0.6) is 5.75 Å². The summed E-state index contributed by atoms with van der Waals surface area (Å²) in [5.41, 5.74) is 0.845. The average molecular weight is 271 g/mol. The standard InChI is InChI=1S/C13H21NO3S/c1-13(2,18(5,15)16)12(14-3)10-8-6-7-9-11(10)17-4/h6-9,12,14H,1-5H3. The Morgan fingerprint density at radius 2 is 1.83 bits per heavy atom. The minimum absolute atomic E-state index is 0.330. The van der Waals surface area contributed by atoms with Crippen LogP contribution in [0.2, 0.25) is 0 Å². The average Bonchev–Trinajstić information content (AvgIpc) is 2.29. The summed E-state index contributed by atoms with van der Waals surface area (Å²) in [7, 11) is 0.131.